The molecule has 3 rings (SSSR count). The fourth-order valence-corrected chi connectivity index (χ4v) is 2.95. The van der Waals surface area contributed by atoms with Crippen LogP contribution in [-0.4, -0.2) is 30.1 Å². The monoisotopic (exact) mass is 312 g/mol. The average molecular weight is 312 g/mol. The summed E-state index contributed by atoms with van der Waals surface area (Å²) in [5, 5.41) is 0. The zero-order chi connectivity index (χ0) is 15.9. The minimum Gasteiger partial charge on any atom is -0.493 e. The van der Waals surface area contributed by atoms with Crippen molar-refractivity contribution in [3.63, 3.8) is 0 Å². The molecule has 23 heavy (non-hydrogen) atoms. The van der Waals surface area contributed by atoms with Crippen LogP contribution in [0.4, 0.5) is 0 Å². The number of benzene rings is 1. The Bertz CT molecular complexity index is 610. The molecule has 0 aliphatic carbocycles. The number of ether oxygens (including phenoxy) is 2. The van der Waals surface area contributed by atoms with E-state index in [0.29, 0.717) is 6.61 Å². The maximum Gasteiger partial charge on any atom is 0.161 e. The average Bonchev–Trinajstić information content (AvgIpc) is 2.62. The molecule has 1 aromatic carbocycles. The standard InChI is InChI=1S/C19H24N2O2/c1-22-19-13-17(14-21-11-3-2-4-12-21)5-6-18(19)23-15-16-7-9-20-10-8-16/h5-10,13H,2-4,11-12,14-15H2,1H3. The first kappa shape index (κ1) is 15.8. The zero-order valence-corrected chi connectivity index (χ0v) is 13.7. The quantitative estimate of drug-likeness (QED) is 0.815. The summed E-state index contributed by atoms with van der Waals surface area (Å²) in [5.74, 6) is 1.58. The summed E-state index contributed by atoms with van der Waals surface area (Å²) in [7, 11) is 1.69. The lowest BCUT2D eigenvalue weighted by molar-refractivity contribution is 0.220. The highest BCUT2D eigenvalue weighted by Crippen LogP contribution is 2.29. The Kier molecular flexibility index (Phi) is 5.48. The first-order chi connectivity index (χ1) is 11.3. The van der Waals surface area contributed by atoms with Crippen LogP contribution in [0, 0.1) is 0 Å². The fourth-order valence-electron chi connectivity index (χ4n) is 2.95. The lowest BCUT2D eigenvalue weighted by atomic mass is 10.1. The second-order valence-corrected chi connectivity index (χ2v) is 5.97. The van der Waals surface area contributed by atoms with Gasteiger partial charge in [-0.2, -0.15) is 0 Å². The molecule has 1 saturated heterocycles. The third-order valence-electron chi connectivity index (χ3n) is 4.23. The third-order valence-corrected chi connectivity index (χ3v) is 4.23. The molecule has 1 aromatic heterocycles. The predicted octanol–water partition coefficient (Wildman–Crippen LogP) is 3.66. The summed E-state index contributed by atoms with van der Waals surface area (Å²) in [4.78, 5) is 6.53. The number of nitrogens with zero attached hydrogens (tertiary/aromatic N) is 2. The van der Waals surface area contributed by atoms with Gasteiger partial charge in [0.15, 0.2) is 11.5 Å². The number of rotatable bonds is 6. The van der Waals surface area contributed by atoms with E-state index in [1.165, 1.54) is 37.9 Å². The Labute approximate surface area is 138 Å². The van der Waals surface area contributed by atoms with Crippen LogP contribution in [0.3, 0.4) is 0 Å². The van der Waals surface area contributed by atoms with Gasteiger partial charge in [0, 0.05) is 18.9 Å². The smallest absolute Gasteiger partial charge is 0.161 e. The van der Waals surface area contributed by atoms with Crippen molar-refractivity contribution in [2.45, 2.75) is 32.4 Å². The van der Waals surface area contributed by atoms with Crippen molar-refractivity contribution in [3.8, 4) is 11.5 Å². The van der Waals surface area contributed by atoms with Gasteiger partial charge in [-0.25, -0.2) is 0 Å². The minimum absolute atomic E-state index is 0.518. The van der Waals surface area contributed by atoms with Crippen LogP contribution in [0.15, 0.2) is 42.7 Å². The summed E-state index contributed by atoms with van der Waals surface area (Å²) in [6, 6.07) is 10.2. The molecule has 0 amide bonds. The molecule has 0 unspecified atom stereocenters. The molecule has 0 atom stereocenters. The van der Waals surface area contributed by atoms with E-state index < -0.39 is 0 Å². The highest BCUT2D eigenvalue weighted by Gasteiger charge is 2.12. The Hall–Kier alpha value is -2.07. The normalized spacial score (nSPS) is 15.3. The molecular formula is C19H24N2O2. The Morgan fingerprint density at radius 1 is 0.957 bits per heavy atom. The zero-order valence-electron chi connectivity index (χ0n) is 13.7. The van der Waals surface area contributed by atoms with Gasteiger partial charge in [0.1, 0.15) is 6.61 Å². The highest BCUT2D eigenvalue weighted by atomic mass is 16.5. The van der Waals surface area contributed by atoms with Crippen molar-refractivity contribution in [1.82, 2.24) is 9.88 Å². The second kappa shape index (κ2) is 7.97. The van der Waals surface area contributed by atoms with Crippen LogP contribution in [-0.2, 0) is 13.2 Å². The van der Waals surface area contributed by atoms with Crippen molar-refractivity contribution >= 4 is 0 Å². The molecule has 0 radical (unpaired) electrons. The number of likely N-dealkylation sites (tertiary alicyclic amines) is 1. The van der Waals surface area contributed by atoms with Crippen LogP contribution >= 0.6 is 0 Å². The molecule has 122 valence electrons. The number of hydrogen-bond donors (Lipinski definition) is 0. The van der Waals surface area contributed by atoms with Gasteiger partial charge in [0.05, 0.1) is 7.11 Å². The molecule has 1 fully saturated rings. The summed E-state index contributed by atoms with van der Waals surface area (Å²) in [6.45, 7) is 3.90. The van der Waals surface area contributed by atoms with Gasteiger partial charge in [-0.15, -0.1) is 0 Å². The third kappa shape index (κ3) is 4.45. The van der Waals surface area contributed by atoms with Gasteiger partial charge in [-0.05, 0) is 61.3 Å². The molecule has 1 aliphatic heterocycles. The molecule has 1 aliphatic rings. The van der Waals surface area contributed by atoms with Gasteiger partial charge in [-0.3, -0.25) is 9.88 Å². The van der Waals surface area contributed by atoms with Crippen molar-refractivity contribution in [1.29, 1.82) is 0 Å². The summed E-state index contributed by atoms with van der Waals surface area (Å²) in [5.41, 5.74) is 2.37. The highest BCUT2D eigenvalue weighted by molar-refractivity contribution is 5.43. The number of aromatic nitrogens is 1. The van der Waals surface area contributed by atoms with E-state index in [9.17, 15) is 0 Å². The molecule has 4 nitrogen and oxygen atoms in total. The van der Waals surface area contributed by atoms with Crippen LogP contribution in [0.5, 0.6) is 11.5 Å². The number of piperidine rings is 1. The fraction of sp³-hybridized carbons (Fsp3) is 0.421. The second-order valence-electron chi connectivity index (χ2n) is 5.97. The lowest BCUT2D eigenvalue weighted by Gasteiger charge is -2.26. The first-order valence-electron chi connectivity index (χ1n) is 8.26. The molecular weight excluding hydrogens is 288 g/mol. The SMILES string of the molecule is COc1cc(CN2CCCCC2)ccc1OCc1ccncc1. The molecule has 2 heterocycles. The van der Waals surface area contributed by atoms with E-state index in [4.69, 9.17) is 9.47 Å². The molecule has 0 spiro atoms. The van der Waals surface area contributed by atoms with Crippen LogP contribution in [0.25, 0.3) is 0 Å². The Balaban J connectivity index is 1.64. The van der Waals surface area contributed by atoms with Crippen LogP contribution in [0.2, 0.25) is 0 Å². The van der Waals surface area contributed by atoms with Gasteiger partial charge < -0.3 is 9.47 Å². The number of methoxy groups -OCH3 is 1. The van der Waals surface area contributed by atoms with E-state index in [1.807, 2.05) is 18.2 Å². The van der Waals surface area contributed by atoms with Gasteiger partial charge in [0.2, 0.25) is 0 Å². The van der Waals surface area contributed by atoms with E-state index in [2.05, 4.69) is 22.0 Å². The summed E-state index contributed by atoms with van der Waals surface area (Å²) >= 11 is 0. The predicted molar refractivity (Wildman–Crippen MR) is 90.7 cm³/mol. The van der Waals surface area contributed by atoms with Gasteiger partial charge in [-0.1, -0.05) is 12.5 Å². The lowest BCUT2D eigenvalue weighted by Crippen LogP contribution is -2.29. The largest absolute Gasteiger partial charge is 0.493 e. The molecule has 0 N–H and O–H groups in total. The first-order valence-corrected chi connectivity index (χ1v) is 8.26. The molecule has 0 saturated carbocycles. The van der Waals surface area contributed by atoms with Crippen LogP contribution in [0.1, 0.15) is 30.4 Å². The van der Waals surface area contributed by atoms with E-state index in [0.717, 1.165) is 23.6 Å². The maximum atomic E-state index is 5.89. The summed E-state index contributed by atoms with van der Waals surface area (Å²) < 4.78 is 11.4. The van der Waals surface area contributed by atoms with Crippen LogP contribution < -0.4 is 9.47 Å². The molecule has 0 bridgehead atoms. The number of pyridine rings is 1. The minimum atomic E-state index is 0.518. The van der Waals surface area contributed by atoms with Crippen molar-refractivity contribution in [2.24, 2.45) is 0 Å². The molecule has 2 aromatic rings. The van der Waals surface area contributed by atoms with Crippen molar-refractivity contribution < 1.29 is 9.47 Å². The van der Waals surface area contributed by atoms with Crippen molar-refractivity contribution in [2.75, 3.05) is 20.2 Å². The number of hydrogen-bond acceptors (Lipinski definition) is 4. The van der Waals surface area contributed by atoms with Crippen molar-refractivity contribution in [3.05, 3.63) is 53.9 Å². The molecule has 4 heteroatoms. The van der Waals surface area contributed by atoms with E-state index >= 15 is 0 Å². The van der Waals surface area contributed by atoms with E-state index in [-0.39, 0.29) is 0 Å². The summed E-state index contributed by atoms with van der Waals surface area (Å²) in [6.07, 6.45) is 7.53. The van der Waals surface area contributed by atoms with E-state index in [1.54, 1.807) is 19.5 Å². The maximum absolute atomic E-state index is 5.89. The topological polar surface area (TPSA) is 34.6 Å². The Morgan fingerprint density at radius 3 is 2.48 bits per heavy atom. The van der Waals surface area contributed by atoms with Gasteiger partial charge >= 0.3 is 0 Å². The Morgan fingerprint density at radius 2 is 1.74 bits per heavy atom. The van der Waals surface area contributed by atoms with Gasteiger partial charge in [0.25, 0.3) is 0 Å².